The van der Waals surface area contributed by atoms with E-state index in [9.17, 15) is 4.79 Å². The molecular formula is C18H26N6O. The van der Waals surface area contributed by atoms with Gasteiger partial charge in [-0.1, -0.05) is 0 Å². The van der Waals surface area contributed by atoms with Crippen LogP contribution in [-0.4, -0.2) is 39.9 Å². The number of hydrogen-bond donors (Lipinski definition) is 2. The number of pyridine rings is 1. The van der Waals surface area contributed by atoms with Crippen LogP contribution in [0.4, 0.5) is 10.6 Å². The van der Waals surface area contributed by atoms with Crippen LogP contribution in [0.25, 0.3) is 0 Å². The molecule has 2 N–H and O–H groups in total. The summed E-state index contributed by atoms with van der Waals surface area (Å²) in [5, 5.41) is 9.99. The molecule has 7 heteroatoms. The highest BCUT2D eigenvalue weighted by Crippen LogP contribution is 2.18. The van der Waals surface area contributed by atoms with E-state index in [1.165, 1.54) is 19.3 Å². The predicted molar refractivity (Wildman–Crippen MR) is 97.4 cm³/mol. The first-order valence-corrected chi connectivity index (χ1v) is 8.92. The van der Waals surface area contributed by atoms with Crippen molar-refractivity contribution in [3.05, 3.63) is 42.4 Å². The van der Waals surface area contributed by atoms with Crippen LogP contribution in [0.15, 0.2) is 36.8 Å². The summed E-state index contributed by atoms with van der Waals surface area (Å²) in [5.74, 6) is 1.01. The Morgan fingerprint density at radius 3 is 2.88 bits per heavy atom. The number of rotatable bonds is 6. The summed E-state index contributed by atoms with van der Waals surface area (Å²) in [7, 11) is 0. The molecule has 3 rings (SSSR count). The Morgan fingerprint density at radius 1 is 1.28 bits per heavy atom. The number of piperidine rings is 1. The lowest BCUT2D eigenvalue weighted by atomic mass is 10.1. The summed E-state index contributed by atoms with van der Waals surface area (Å²) in [4.78, 5) is 18.9. The molecule has 7 nitrogen and oxygen atoms in total. The molecule has 1 saturated heterocycles. The van der Waals surface area contributed by atoms with Crippen molar-refractivity contribution in [2.24, 2.45) is 0 Å². The number of amides is 2. The van der Waals surface area contributed by atoms with Gasteiger partial charge in [0, 0.05) is 44.3 Å². The van der Waals surface area contributed by atoms with Crippen molar-refractivity contribution in [1.29, 1.82) is 0 Å². The molecule has 0 aliphatic carbocycles. The zero-order valence-electron chi connectivity index (χ0n) is 14.7. The molecule has 0 radical (unpaired) electrons. The van der Waals surface area contributed by atoms with Gasteiger partial charge < -0.3 is 15.5 Å². The zero-order chi connectivity index (χ0) is 17.5. The Balaban J connectivity index is 1.46. The molecule has 2 aromatic heterocycles. The van der Waals surface area contributed by atoms with Crippen molar-refractivity contribution in [3.8, 4) is 0 Å². The molecule has 134 valence electrons. The number of carbonyl (C=O) groups is 1. The number of carbonyl (C=O) groups excluding carboxylic acids is 1. The van der Waals surface area contributed by atoms with E-state index in [0.29, 0.717) is 13.1 Å². The lowest BCUT2D eigenvalue weighted by Crippen LogP contribution is -2.42. The maximum Gasteiger partial charge on any atom is 0.315 e. The van der Waals surface area contributed by atoms with Crippen LogP contribution in [0.3, 0.4) is 0 Å². The van der Waals surface area contributed by atoms with Gasteiger partial charge in [-0.25, -0.2) is 9.78 Å². The van der Waals surface area contributed by atoms with Crippen LogP contribution in [0, 0.1) is 0 Å². The van der Waals surface area contributed by atoms with Crippen LogP contribution >= 0.6 is 0 Å². The number of nitrogens with one attached hydrogen (secondary N) is 2. The molecule has 0 saturated carbocycles. The van der Waals surface area contributed by atoms with Crippen LogP contribution in [-0.2, 0) is 13.1 Å². The molecule has 1 unspecified atom stereocenters. The molecule has 2 aromatic rings. The highest BCUT2D eigenvalue weighted by atomic mass is 16.2. The quantitative estimate of drug-likeness (QED) is 0.843. The average molecular weight is 342 g/mol. The predicted octanol–water partition coefficient (Wildman–Crippen LogP) is 2.16. The van der Waals surface area contributed by atoms with Gasteiger partial charge in [0.25, 0.3) is 0 Å². The number of hydrogen-bond acceptors (Lipinski definition) is 4. The van der Waals surface area contributed by atoms with E-state index < -0.39 is 0 Å². The van der Waals surface area contributed by atoms with E-state index in [2.05, 4.69) is 31.7 Å². The molecular weight excluding hydrogens is 316 g/mol. The first kappa shape index (κ1) is 17.3. The van der Waals surface area contributed by atoms with Crippen molar-refractivity contribution in [2.75, 3.05) is 18.0 Å². The Labute approximate surface area is 148 Å². The summed E-state index contributed by atoms with van der Waals surface area (Å²) >= 11 is 0. The van der Waals surface area contributed by atoms with E-state index in [4.69, 9.17) is 0 Å². The summed E-state index contributed by atoms with van der Waals surface area (Å²) in [6, 6.07) is 5.72. The Hall–Kier alpha value is -2.57. The summed E-state index contributed by atoms with van der Waals surface area (Å²) < 4.78 is 1.80. The highest BCUT2D eigenvalue weighted by Gasteiger charge is 2.13. The van der Waals surface area contributed by atoms with Crippen molar-refractivity contribution < 1.29 is 4.79 Å². The standard InChI is InChI=1S/C18H26N6O/c1-15(14-24-11-5-7-21-24)22-18(25)20-13-16-6-8-19-17(12-16)23-9-3-2-4-10-23/h5-8,11-12,15H,2-4,9-10,13-14H2,1H3,(H2,20,22,25). The smallest absolute Gasteiger partial charge is 0.315 e. The lowest BCUT2D eigenvalue weighted by molar-refractivity contribution is 0.235. The van der Waals surface area contributed by atoms with E-state index in [-0.39, 0.29) is 12.1 Å². The SMILES string of the molecule is CC(Cn1cccn1)NC(=O)NCc1ccnc(N2CCCCC2)c1. The monoisotopic (exact) mass is 342 g/mol. The highest BCUT2D eigenvalue weighted by molar-refractivity contribution is 5.74. The van der Waals surface area contributed by atoms with Crippen LogP contribution < -0.4 is 15.5 Å². The fraction of sp³-hybridized carbons (Fsp3) is 0.500. The number of aromatic nitrogens is 3. The number of nitrogens with zero attached hydrogens (tertiary/aromatic N) is 4. The summed E-state index contributed by atoms with van der Waals surface area (Å²) in [6.45, 7) is 5.23. The van der Waals surface area contributed by atoms with E-state index >= 15 is 0 Å². The normalized spacial score (nSPS) is 15.6. The molecule has 2 amide bonds. The molecule has 0 bridgehead atoms. The lowest BCUT2D eigenvalue weighted by Gasteiger charge is -2.27. The molecule has 1 aliphatic rings. The average Bonchev–Trinajstić information content (AvgIpc) is 3.14. The van der Waals surface area contributed by atoms with Gasteiger partial charge in [0.2, 0.25) is 0 Å². The Kier molecular flexibility index (Phi) is 5.87. The topological polar surface area (TPSA) is 75.1 Å². The van der Waals surface area contributed by atoms with Gasteiger partial charge in [-0.15, -0.1) is 0 Å². The number of urea groups is 1. The second-order valence-corrected chi connectivity index (χ2v) is 6.53. The minimum atomic E-state index is -0.170. The van der Waals surface area contributed by atoms with Gasteiger partial charge in [0.1, 0.15) is 5.82 Å². The summed E-state index contributed by atoms with van der Waals surface area (Å²) in [6.07, 6.45) is 9.18. The van der Waals surface area contributed by atoms with E-state index in [0.717, 1.165) is 24.5 Å². The van der Waals surface area contributed by atoms with Gasteiger partial charge in [-0.2, -0.15) is 5.10 Å². The molecule has 3 heterocycles. The van der Waals surface area contributed by atoms with Gasteiger partial charge in [-0.05, 0) is 49.9 Å². The van der Waals surface area contributed by atoms with Crippen LogP contribution in [0.2, 0.25) is 0 Å². The third-order valence-electron chi connectivity index (χ3n) is 4.34. The van der Waals surface area contributed by atoms with E-state index in [1.54, 1.807) is 10.9 Å². The first-order valence-electron chi connectivity index (χ1n) is 8.92. The summed E-state index contributed by atoms with van der Waals surface area (Å²) in [5.41, 5.74) is 1.06. The van der Waals surface area contributed by atoms with Crippen molar-refractivity contribution in [1.82, 2.24) is 25.4 Å². The largest absolute Gasteiger partial charge is 0.357 e. The molecule has 0 aromatic carbocycles. The van der Waals surface area contributed by atoms with Gasteiger partial charge >= 0.3 is 6.03 Å². The third-order valence-corrected chi connectivity index (χ3v) is 4.34. The van der Waals surface area contributed by atoms with Crippen molar-refractivity contribution in [2.45, 2.75) is 45.3 Å². The molecule has 0 spiro atoms. The van der Waals surface area contributed by atoms with E-state index in [1.807, 2.05) is 31.5 Å². The van der Waals surface area contributed by atoms with Crippen molar-refractivity contribution in [3.63, 3.8) is 0 Å². The fourth-order valence-corrected chi connectivity index (χ4v) is 3.06. The first-order chi connectivity index (χ1) is 12.2. The number of anilines is 1. The molecule has 1 atom stereocenters. The zero-order valence-corrected chi connectivity index (χ0v) is 14.7. The van der Waals surface area contributed by atoms with Gasteiger partial charge in [0.15, 0.2) is 0 Å². The van der Waals surface area contributed by atoms with Gasteiger partial charge in [-0.3, -0.25) is 4.68 Å². The molecule has 1 aliphatic heterocycles. The Morgan fingerprint density at radius 2 is 2.12 bits per heavy atom. The third kappa shape index (κ3) is 5.20. The molecule has 1 fully saturated rings. The minimum absolute atomic E-state index is 0.00116. The molecule has 25 heavy (non-hydrogen) atoms. The maximum atomic E-state index is 12.1. The maximum absolute atomic E-state index is 12.1. The fourth-order valence-electron chi connectivity index (χ4n) is 3.06. The Bertz CT molecular complexity index is 666. The minimum Gasteiger partial charge on any atom is -0.357 e. The van der Waals surface area contributed by atoms with Crippen LogP contribution in [0.1, 0.15) is 31.7 Å². The van der Waals surface area contributed by atoms with Gasteiger partial charge in [0.05, 0.1) is 6.54 Å². The van der Waals surface area contributed by atoms with Crippen molar-refractivity contribution >= 4 is 11.8 Å². The van der Waals surface area contributed by atoms with Crippen LogP contribution in [0.5, 0.6) is 0 Å². The second-order valence-electron chi connectivity index (χ2n) is 6.53. The second kappa shape index (κ2) is 8.50.